The number of carbonyl (C=O) groups is 3. The predicted octanol–water partition coefficient (Wildman–Crippen LogP) is 3.15. The van der Waals surface area contributed by atoms with Gasteiger partial charge in [0.1, 0.15) is 18.0 Å². The summed E-state index contributed by atoms with van der Waals surface area (Å²) >= 11 is 1.75. The van der Waals surface area contributed by atoms with E-state index in [0.717, 1.165) is 17.1 Å². The molecule has 2 aromatic rings. The van der Waals surface area contributed by atoms with Crippen molar-refractivity contribution in [1.82, 2.24) is 25.1 Å². The molecule has 1 N–H and O–H groups in total. The molecule has 198 valence electrons. The predicted molar refractivity (Wildman–Crippen MR) is 142 cm³/mol. The molecule has 0 bridgehead atoms. The average molecular weight is 528 g/mol. The third-order valence-electron chi connectivity index (χ3n) is 6.69. The Labute approximate surface area is 221 Å². The Kier molecular flexibility index (Phi) is 8.71. The lowest BCUT2D eigenvalue weighted by Crippen LogP contribution is -2.76. The van der Waals surface area contributed by atoms with E-state index in [0.29, 0.717) is 6.54 Å². The summed E-state index contributed by atoms with van der Waals surface area (Å²) in [5, 5.41) is 6.03. The second-order valence-electron chi connectivity index (χ2n) is 9.74. The van der Waals surface area contributed by atoms with Crippen LogP contribution in [0.1, 0.15) is 25.0 Å². The van der Waals surface area contributed by atoms with Crippen LogP contribution in [-0.4, -0.2) is 82.3 Å². The van der Waals surface area contributed by atoms with Crippen LogP contribution in [0.2, 0.25) is 0 Å². The van der Waals surface area contributed by atoms with Crippen LogP contribution in [0.25, 0.3) is 0 Å². The molecule has 2 aromatic carbocycles. The maximum absolute atomic E-state index is 13.5. The standard InChI is InChI=1S/C27H34FN5O3S/c1-19(2)25-26(35)31(13-14-37-18-21-7-5-4-6-8-21)16-23-32(25)24(34)17-30(3)33(23)27(36)29-15-20-9-11-22(28)12-10-20/h4-12,19,23,25H,13-18H2,1-3H3,(H,29,36)/t23-,25-/m0/s1. The van der Waals surface area contributed by atoms with Gasteiger partial charge in [-0.25, -0.2) is 19.2 Å². The number of likely N-dealkylation sites (N-methyl/N-ethyl adjacent to an activating group) is 1. The molecule has 4 rings (SSSR count). The number of piperazine rings is 1. The lowest BCUT2D eigenvalue weighted by Gasteiger charge is -2.55. The fourth-order valence-corrected chi connectivity index (χ4v) is 5.78. The van der Waals surface area contributed by atoms with Crippen LogP contribution in [0.5, 0.6) is 0 Å². The number of carbonyl (C=O) groups excluding carboxylic acids is 3. The number of fused-ring (bicyclic) bond motifs is 1. The summed E-state index contributed by atoms with van der Waals surface area (Å²) in [4.78, 5) is 43.3. The van der Waals surface area contributed by atoms with Gasteiger partial charge in [-0.3, -0.25) is 9.59 Å². The molecule has 0 saturated carbocycles. The van der Waals surface area contributed by atoms with Crippen molar-refractivity contribution in [1.29, 1.82) is 0 Å². The van der Waals surface area contributed by atoms with Gasteiger partial charge in [-0.1, -0.05) is 56.3 Å². The highest BCUT2D eigenvalue weighted by Crippen LogP contribution is 2.29. The summed E-state index contributed by atoms with van der Waals surface area (Å²) in [5.41, 5.74) is 1.99. The maximum atomic E-state index is 13.5. The second kappa shape index (κ2) is 12.0. The third-order valence-corrected chi connectivity index (χ3v) is 7.69. The van der Waals surface area contributed by atoms with Crippen molar-refractivity contribution >= 4 is 29.6 Å². The van der Waals surface area contributed by atoms with Crippen LogP contribution in [0.15, 0.2) is 54.6 Å². The number of hydrogen-bond donors (Lipinski definition) is 1. The monoisotopic (exact) mass is 527 g/mol. The van der Waals surface area contributed by atoms with Gasteiger partial charge in [-0.2, -0.15) is 11.8 Å². The molecule has 0 aromatic heterocycles. The highest BCUT2D eigenvalue weighted by molar-refractivity contribution is 7.98. The largest absolute Gasteiger partial charge is 0.336 e. The van der Waals surface area contributed by atoms with Gasteiger partial charge in [0.15, 0.2) is 0 Å². The van der Waals surface area contributed by atoms with Crippen molar-refractivity contribution in [2.75, 3.05) is 32.4 Å². The number of amides is 4. The zero-order valence-electron chi connectivity index (χ0n) is 21.5. The first-order valence-corrected chi connectivity index (χ1v) is 13.7. The summed E-state index contributed by atoms with van der Waals surface area (Å²) in [6, 6.07) is 15.1. The number of hydrogen-bond acceptors (Lipinski definition) is 5. The molecule has 10 heteroatoms. The Morgan fingerprint density at radius 3 is 2.46 bits per heavy atom. The van der Waals surface area contributed by atoms with Gasteiger partial charge in [0, 0.05) is 31.6 Å². The van der Waals surface area contributed by atoms with E-state index in [1.807, 2.05) is 32.0 Å². The summed E-state index contributed by atoms with van der Waals surface area (Å²) < 4.78 is 13.2. The van der Waals surface area contributed by atoms with E-state index in [2.05, 4.69) is 17.4 Å². The van der Waals surface area contributed by atoms with E-state index in [4.69, 9.17) is 0 Å². The fraction of sp³-hybridized carbons (Fsp3) is 0.444. The van der Waals surface area contributed by atoms with Crippen LogP contribution in [-0.2, 0) is 21.9 Å². The van der Waals surface area contributed by atoms with E-state index < -0.39 is 12.2 Å². The van der Waals surface area contributed by atoms with E-state index in [9.17, 15) is 18.8 Å². The number of urea groups is 1. The van der Waals surface area contributed by atoms with Crippen molar-refractivity contribution < 1.29 is 18.8 Å². The smallest absolute Gasteiger partial charge is 0.334 e. The quantitative estimate of drug-likeness (QED) is 0.534. The SMILES string of the molecule is CC(C)[C@H]1C(=O)N(CCSCc2ccccc2)C[C@H]2N1C(=O)CN(C)N2C(=O)NCc1ccc(F)cc1. The lowest BCUT2D eigenvalue weighted by atomic mass is 9.96. The van der Waals surface area contributed by atoms with Gasteiger partial charge < -0.3 is 15.1 Å². The number of thioether (sulfide) groups is 1. The molecule has 2 heterocycles. The van der Waals surface area contributed by atoms with E-state index >= 15 is 0 Å². The fourth-order valence-electron chi connectivity index (χ4n) is 4.86. The molecule has 0 aliphatic carbocycles. The highest BCUT2D eigenvalue weighted by Gasteiger charge is 2.51. The first kappa shape index (κ1) is 26.9. The molecular formula is C27H34FN5O3S. The normalized spacial score (nSPS) is 20.4. The Morgan fingerprint density at radius 2 is 1.78 bits per heavy atom. The third kappa shape index (κ3) is 6.24. The zero-order chi connectivity index (χ0) is 26.5. The van der Waals surface area contributed by atoms with E-state index in [1.165, 1.54) is 22.7 Å². The van der Waals surface area contributed by atoms with Crippen LogP contribution in [0.4, 0.5) is 9.18 Å². The first-order valence-electron chi connectivity index (χ1n) is 12.5. The Balaban J connectivity index is 1.47. The Morgan fingerprint density at radius 1 is 1.08 bits per heavy atom. The Hall–Kier alpha value is -3.11. The molecule has 2 aliphatic rings. The maximum Gasteiger partial charge on any atom is 0.334 e. The topological polar surface area (TPSA) is 76.2 Å². The molecule has 0 spiro atoms. The molecular weight excluding hydrogens is 493 g/mol. The number of rotatable bonds is 8. The van der Waals surface area contributed by atoms with Crippen LogP contribution in [0.3, 0.4) is 0 Å². The van der Waals surface area contributed by atoms with Gasteiger partial charge in [-0.05, 0) is 29.2 Å². The van der Waals surface area contributed by atoms with E-state index in [1.54, 1.807) is 45.8 Å². The summed E-state index contributed by atoms with van der Waals surface area (Å²) in [5.74, 6) is 0.917. The Bertz CT molecular complexity index is 1100. The minimum absolute atomic E-state index is 0.00386. The van der Waals surface area contributed by atoms with Gasteiger partial charge in [0.2, 0.25) is 11.8 Å². The number of hydrazine groups is 1. The molecule has 4 amide bonds. The summed E-state index contributed by atoms with van der Waals surface area (Å²) in [6.45, 7) is 4.86. The number of benzene rings is 2. The zero-order valence-corrected chi connectivity index (χ0v) is 22.3. The minimum Gasteiger partial charge on any atom is -0.336 e. The van der Waals surface area contributed by atoms with Gasteiger partial charge in [-0.15, -0.1) is 0 Å². The minimum atomic E-state index is -0.633. The van der Waals surface area contributed by atoms with Crippen molar-refractivity contribution in [2.24, 2.45) is 5.92 Å². The van der Waals surface area contributed by atoms with Crippen molar-refractivity contribution in [3.05, 3.63) is 71.5 Å². The molecule has 0 unspecified atom stereocenters. The molecule has 0 radical (unpaired) electrons. The molecule has 8 nitrogen and oxygen atoms in total. The van der Waals surface area contributed by atoms with Crippen LogP contribution >= 0.6 is 11.8 Å². The van der Waals surface area contributed by atoms with Crippen LogP contribution < -0.4 is 5.32 Å². The van der Waals surface area contributed by atoms with Crippen molar-refractivity contribution in [3.8, 4) is 0 Å². The first-order chi connectivity index (χ1) is 17.8. The van der Waals surface area contributed by atoms with Gasteiger partial charge in [0.25, 0.3) is 0 Å². The van der Waals surface area contributed by atoms with Crippen molar-refractivity contribution in [2.45, 2.75) is 38.4 Å². The van der Waals surface area contributed by atoms with Gasteiger partial charge in [0.05, 0.1) is 13.1 Å². The lowest BCUT2D eigenvalue weighted by molar-refractivity contribution is -0.189. The number of nitrogens with zero attached hydrogens (tertiary/aromatic N) is 4. The highest BCUT2D eigenvalue weighted by atomic mass is 32.2. The molecule has 37 heavy (non-hydrogen) atoms. The van der Waals surface area contributed by atoms with Crippen LogP contribution in [0, 0.1) is 11.7 Å². The molecule has 2 aliphatic heterocycles. The number of halogens is 1. The second-order valence-corrected chi connectivity index (χ2v) is 10.8. The molecule has 2 saturated heterocycles. The summed E-state index contributed by atoms with van der Waals surface area (Å²) in [7, 11) is 1.70. The van der Waals surface area contributed by atoms with Crippen molar-refractivity contribution in [3.63, 3.8) is 0 Å². The number of nitrogens with one attached hydrogen (secondary N) is 1. The molecule has 2 fully saturated rings. The summed E-state index contributed by atoms with van der Waals surface area (Å²) in [6.07, 6.45) is -0.608. The van der Waals surface area contributed by atoms with Gasteiger partial charge >= 0.3 is 6.03 Å². The average Bonchev–Trinajstić information content (AvgIpc) is 2.87. The van der Waals surface area contributed by atoms with E-state index in [-0.39, 0.29) is 49.2 Å². The molecule has 2 atom stereocenters.